The van der Waals surface area contributed by atoms with Crippen LogP contribution >= 0.6 is 0 Å². The number of amides is 1. The van der Waals surface area contributed by atoms with Gasteiger partial charge in [0.1, 0.15) is 11.5 Å². The number of fused-ring (bicyclic) bond motifs is 1. The average molecular weight is 419 g/mol. The Hall–Kier alpha value is -2.74. The van der Waals surface area contributed by atoms with Crippen LogP contribution in [0.3, 0.4) is 0 Å². The van der Waals surface area contributed by atoms with E-state index in [1.807, 2.05) is 51.1 Å². The molecule has 29 heavy (non-hydrogen) atoms. The van der Waals surface area contributed by atoms with Gasteiger partial charge in [-0.05, 0) is 56.2 Å². The number of carbonyl (C=O) groups excluding carboxylic acids is 1. The van der Waals surface area contributed by atoms with Crippen molar-refractivity contribution in [2.75, 3.05) is 17.1 Å². The number of rotatable bonds is 6. The van der Waals surface area contributed by atoms with Gasteiger partial charge in [0.25, 0.3) is 5.91 Å². The first-order chi connectivity index (χ1) is 13.6. The minimum Gasteiger partial charge on any atom is -0.491 e. The summed E-state index contributed by atoms with van der Waals surface area (Å²) >= 11 is 0. The largest absolute Gasteiger partial charge is 0.491 e. The van der Waals surface area contributed by atoms with Crippen LogP contribution in [0.25, 0.3) is 0 Å². The van der Waals surface area contributed by atoms with Crippen LogP contribution in [0, 0.1) is 6.92 Å². The highest BCUT2D eigenvalue weighted by Crippen LogP contribution is 2.35. The molecule has 7 nitrogen and oxygen atoms in total. The van der Waals surface area contributed by atoms with Crippen molar-refractivity contribution in [2.24, 2.45) is 0 Å². The van der Waals surface area contributed by atoms with Gasteiger partial charge in [0.05, 0.1) is 24.6 Å². The van der Waals surface area contributed by atoms with Gasteiger partial charge in [-0.3, -0.25) is 9.10 Å². The smallest absolute Gasteiger partial charge is 0.263 e. The van der Waals surface area contributed by atoms with Crippen molar-refractivity contribution in [1.29, 1.82) is 0 Å². The fraction of sp³-hybridized carbons (Fsp3) is 0.381. The first-order valence-electron chi connectivity index (χ1n) is 9.42. The van der Waals surface area contributed by atoms with Gasteiger partial charge in [-0.1, -0.05) is 18.2 Å². The zero-order chi connectivity index (χ0) is 21.2. The lowest BCUT2D eigenvalue weighted by atomic mass is 10.1. The molecule has 0 aliphatic carbocycles. The zero-order valence-electron chi connectivity index (χ0n) is 17.0. The van der Waals surface area contributed by atoms with Gasteiger partial charge in [0.15, 0.2) is 6.10 Å². The van der Waals surface area contributed by atoms with Crippen molar-refractivity contribution in [3.05, 3.63) is 53.6 Å². The SMILES string of the molecule is Cc1ccc2c(c1)N(S(C)(=O)=O)C[C@H](C(=O)NCc1cccc(OC(C)C)c1)O2. The zero-order valence-corrected chi connectivity index (χ0v) is 17.8. The van der Waals surface area contributed by atoms with Crippen LogP contribution in [0.4, 0.5) is 5.69 Å². The molecule has 0 unspecified atom stereocenters. The molecule has 0 fully saturated rings. The lowest BCUT2D eigenvalue weighted by Gasteiger charge is -2.34. The molecule has 2 aromatic carbocycles. The molecule has 0 bridgehead atoms. The van der Waals surface area contributed by atoms with Crippen LogP contribution in [-0.2, 0) is 21.4 Å². The molecule has 1 aliphatic rings. The maximum absolute atomic E-state index is 12.7. The molecule has 0 radical (unpaired) electrons. The Labute approximate surface area is 171 Å². The summed E-state index contributed by atoms with van der Waals surface area (Å²) in [4.78, 5) is 12.7. The average Bonchev–Trinajstić information content (AvgIpc) is 2.64. The summed E-state index contributed by atoms with van der Waals surface area (Å²) in [5.74, 6) is 0.730. The quantitative estimate of drug-likeness (QED) is 0.780. The summed E-state index contributed by atoms with van der Waals surface area (Å²) in [6.45, 7) is 5.98. The maximum Gasteiger partial charge on any atom is 0.263 e. The predicted octanol–water partition coefficient (Wildman–Crippen LogP) is 2.63. The van der Waals surface area contributed by atoms with Crippen LogP contribution in [0.5, 0.6) is 11.5 Å². The third-order valence-corrected chi connectivity index (χ3v) is 5.56. The minimum absolute atomic E-state index is 0.0566. The van der Waals surface area contributed by atoms with Gasteiger partial charge in [0.2, 0.25) is 10.0 Å². The van der Waals surface area contributed by atoms with Crippen molar-refractivity contribution in [3.63, 3.8) is 0 Å². The Morgan fingerprint density at radius 2 is 2.03 bits per heavy atom. The van der Waals surface area contributed by atoms with E-state index in [0.717, 1.165) is 23.1 Å². The van der Waals surface area contributed by atoms with Crippen LogP contribution in [-0.4, -0.2) is 39.3 Å². The highest BCUT2D eigenvalue weighted by Gasteiger charge is 2.35. The highest BCUT2D eigenvalue weighted by molar-refractivity contribution is 7.92. The Bertz CT molecular complexity index is 1000. The number of aryl methyl sites for hydroxylation is 1. The van der Waals surface area contributed by atoms with E-state index in [0.29, 0.717) is 11.4 Å². The van der Waals surface area contributed by atoms with Crippen LogP contribution in [0.1, 0.15) is 25.0 Å². The summed E-state index contributed by atoms with van der Waals surface area (Å²) in [6.07, 6.45) is 0.246. The highest BCUT2D eigenvalue weighted by atomic mass is 32.2. The number of hydrogen-bond donors (Lipinski definition) is 1. The number of benzene rings is 2. The van der Waals surface area contributed by atoms with Gasteiger partial charge < -0.3 is 14.8 Å². The molecule has 3 rings (SSSR count). The molecule has 0 saturated carbocycles. The standard InChI is InChI=1S/C21H26N2O5S/c1-14(2)27-17-7-5-6-16(11-17)12-22-21(24)20-13-23(29(4,25)26)18-10-15(3)8-9-19(18)28-20/h5-11,14,20H,12-13H2,1-4H3,(H,22,24)/t20-/m1/s1. The molecule has 8 heteroatoms. The van der Waals surface area contributed by atoms with Crippen molar-refractivity contribution in [2.45, 2.75) is 39.5 Å². The third-order valence-electron chi connectivity index (χ3n) is 4.41. The summed E-state index contributed by atoms with van der Waals surface area (Å²) in [5, 5.41) is 2.82. The van der Waals surface area contributed by atoms with Crippen molar-refractivity contribution < 1.29 is 22.7 Å². The molecule has 1 heterocycles. The second kappa shape index (κ2) is 8.32. The van der Waals surface area contributed by atoms with Gasteiger partial charge in [0, 0.05) is 6.54 Å². The second-order valence-electron chi connectivity index (χ2n) is 7.40. The van der Waals surface area contributed by atoms with Crippen LogP contribution in [0.15, 0.2) is 42.5 Å². The number of nitrogens with zero attached hydrogens (tertiary/aromatic N) is 1. The Morgan fingerprint density at radius 3 is 2.72 bits per heavy atom. The number of ether oxygens (including phenoxy) is 2. The molecule has 1 N–H and O–H groups in total. The van der Waals surface area contributed by atoms with Crippen molar-refractivity contribution >= 4 is 21.6 Å². The number of carbonyl (C=O) groups is 1. The van der Waals surface area contributed by atoms with Gasteiger partial charge in [-0.15, -0.1) is 0 Å². The molecular formula is C21H26N2O5S. The molecular weight excluding hydrogens is 392 g/mol. The second-order valence-corrected chi connectivity index (χ2v) is 9.31. The fourth-order valence-electron chi connectivity index (χ4n) is 3.12. The first-order valence-corrected chi connectivity index (χ1v) is 11.3. The lowest BCUT2D eigenvalue weighted by molar-refractivity contribution is -0.127. The Balaban J connectivity index is 1.72. The number of sulfonamides is 1. The summed E-state index contributed by atoms with van der Waals surface area (Å²) < 4.78 is 37.2. The summed E-state index contributed by atoms with van der Waals surface area (Å²) in [5.41, 5.74) is 2.24. The van der Waals surface area contributed by atoms with E-state index in [2.05, 4.69) is 5.32 Å². The van der Waals surface area contributed by atoms with Gasteiger partial charge in [-0.25, -0.2) is 8.42 Å². The number of nitrogens with one attached hydrogen (secondary N) is 1. The van der Waals surface area contributed by atoms with E-state index in [1.165, 1.54) is 4.31 Å². The molecule has 0 aromatic heterocycles. The Kier molecular flexibility index (Phi) is 6.02. The lowest BCUT2D eigenvalue weighted by Crippen LogP contribution is -2.50. The fourth-order valence-corrected chi connectivity index (χ4v) is 4.02. The van der Waals surface area contributed by atoms with Gasteiger partial charge in [-0.2, -0.15) is 0 Å². The topological polar surface area (TPSA) is 84.9 Å². The molecule has 1 atom stereocenters. The molecule has 156 valence electrons. The normalized spacial score (nSPS) is 16.2. The summed E-state index contributed by atoms with van der Waals surface area (Å²) in [6, 6.07) is 12.7. The first kappa shape index (κ1) is 21.0. The van der Waals surface area contributed by atoms with E-state index in [-0.39, 0.29) is 25.1 Å². The number of anilines is 1. The molecule has 1 aliphatic heterocycles. The van der Waals surface area contributed by atoms with Crippen molar-refractivity contribution in [3.8, 4) is 11.5 Å². The molecule has 1 amide bonds. The number of hydrogen-bond acceptors (Lipinski definition) is 5. The minimum atomic E-state index is -3.55. The monoisotopic (exact) mass is 418 g/mol. The van der Waals surface area contributed by atoms with Crippen LogP contribution in [0.2, 0.25) is 0 Å². The van der Waals surface area contributed by atoms with Crippen LogP contribution < -0.4 is 19.1 Å². The van der Waals surface area contributed by atoms with E-state index >= 15 is 0 Å². The molecule has 0 spiro atoms. The van der Waals surface area contributed by atoms with Crippen molar-refractivity contribution in [1.82, 2.24) is 5.32 Å². The van der Waals surface area contributed by atoms with E-state index in [1.54, 1.807) is 12.1 Å². The molecule has 2 aromatic rings. The van der Waals surface area contributed by atoms with Gasteiger partial charge >= 0.3 is 0 Å². The van der Waals surface area contributed by atoms with E-state index in [9.17, 15) is 13.2 Å². The predicted molar refractivity (Wildman–Crippen MR) is 112 cm³/mol. The Morgan fingerprint density at radius 1 is 1.28 bits per heavy atom. The molecule has 0 saturated heterocycles. The maximum atomic E-state index is 12.7. The van der Waals surface area contributed by atoms with E-state index in [4.69, 9.17) is 9.47 Å². The summed E-state index contributed by atoms with van der Waals surface area (Å²) in [7, 11) is -3.55. The third kappa shape index (κ3) is 5.20. The van der Waals surface area contributed by atoms with E-state index < -0.39 is 16.1 Å².